The van der Waals surface area contributed by atoms with E-state index >= 15 is 0 Å². The standard InChI is InChI=1S/C18H21BrFN/c1-4-21-18(16-8-7-15(20)11-17(16)19)10-14-6-5-12(2)13(3)9-14/h5-9,11,18,21H,4,10H2,1-3H3. The molecule has 2 aromatic carbocycles. The fourth-order valence-corrected chi connectivity index (χ4v) is 3.12. The first kappa shape index (κ1) is 16.2. The van der Waals surface area contributed by atoms with E-state index in [4.69, 9.17) is 0 Å². The van der Waals surface area contributed by atoms with Gasteiger partial charge in [0.2, 0.25) is 0 Å². The van der Waals surface area contributed by atoms with Crippen molar-refractivity contribution in [3.05, 3.63) is 68.9 Å². The van der Waals surface area contributed by atoms with E-state index in [1.54, 1.807) is 0 Å². The van der Waals surface area contributed by atoms with E-state index in [-0.39, 0.29) is 11.9 Å². The zero-order valence-corrected chi connectivity index (χ0v) is 14.3. The molecule has 3 heteroatoms. The molecule has 0 bridgehead atoms. The van der Waals surface area contributed by atoms with Crippen molar-refractivity contribution < 1.29 is 4.39 Å². The van der Waals surface area contributed by atoms with Gasteiger partial charge in [-0.3, -0.25) is 0 Å². The summed E-state index contributed by atoms with van der Waals surface area (Å²) in [5, 5.41) is 3.49. The number of hydrogen-bond acceptors (Lipinski definition) is 1. The fourth-order valence-electron chi connectivity index (χ4n) is 2.49. The number of likely N-dealkylation sites (N-methyl/N-ethyl adjacent to an activating group) is 1. The van der Waals surface area contributed by atoms with E-state index < -0.39 is 0 Å². The lowest BCUT2D eigenvalue weighted by atomic mass is 9.96. The second-order valence-corrected chi connectivity index (χ2v) is 6.25. The number of nitrogens with one attached hydrogen (secondary N) is 1. The summed E-state index contributed by atoms with van der Waals surface area (Å²) in [4.78, 5) is 0. The molecule has 0 aliphatic rings. The Kier molecular flexibility index (Phi) is 5.54. The molecule has 0 radical (unpaired) electrons. The van der Waals surface area contributed by atoms with Gasteiger partial charge >= 0.3 is 0 Å². The summed E-state index contributed by atoms with van der Waals surface area (Å²) < 4.78 is 14.1. The van der Waals surface area contributed by atoms with Crippen LogP contribution < -0.4 is 5.32 Å². The number of rotatable bonds is 5. The van der Waals surface area contributed by atoms with Crippen molar-refractivity contribution in [1.82, 2.24) is 5.32 Å². The third-order valence-corrected chi connectivity index (χ3v) is 4.49. The molecule has 0 aliphatic heterocycles. The molecule has 0 aliphatic carbocycles. The van der Waals surface area contributed by atoms with Crippen LogP contribution in [0.5, 0.6) is 0 Å². The average Bonchev–Trinajstić information content (AvgIpc) is 2.42. The molecule has 0 spiro atoms. The molecule has 21 heavy (non-hydrogen) atoms. The van der Waals surface area contributed by atoms with Crippen molar-refractivity contribution >= 4 is 15.9 Å². The number of benzene rings is 2. The first-order valence-corrected chi connectivity index (χ1v) is 8.05. The zero-order chi connectivity index (χ0) is 15.4. The maximum Gasteiger partial charge on any atom is 0.124 e. The minimum atomic E-state index is -0.216. The van der Waals surface area contributed by atoms with Crippen molar-refractivity contribution in [1.29, 1.82) is 0 Å². The highest BCUT2D eigenvalue weighted by Gasteiger charge is 2.15. The molecule has 0 heterocycles. The van der Waals surface area contributed by atoms with E-state index in [2.05, 4.69) is 60.2 Å². The molecule has 2 rings (SSSR count). The van der Waals surface area contributed by atoms with Crippen molar-refractivity contribution in [3.8, 4) is 0 Å². The lowest BCUT2D eigenvalue weighted by Gasteiger charge is -2.20. The molecule has 2 aromatic rings. The van der Waals surface area contributed by atoms with Crippen molar-refractivity contribution in [2.75, 3.05) is 6.54 Å². The Bertz CT molecular complexity index is 625. The van der Waals surface area contributed by atoms with Crippen LogP contribution in [0.15, 0.2) is 40.9 Å². The topological polar surface area (TPSA) is 12.0 Å². The molecule has 112 valence electrons. The van der Waals surface area contributed by atoms with E-state index in [1.807, 2.05) is 6.07 Å². The zero-order valence-electron chi connectivity index (χ0n) is 12.7. The van der Waals surface area contributed by atoms with Crippen LogP contribution in [0.3, 0.4) is 0 Å². The third-order valence-electron chi connectivity index (χ3n) is 3.80. The van der Waals surface area contributed by atoms with Gasteiger partial charge in [0.25, 0.3) is 0 Å². The number of hydrogen-bond donors (Lipinski definition) is 1. The Morgan fingerprint density at radius 3 is 2.48 bits per heavy atom. The molecule has 0 aromatic heterocycles. The maximum atomic E-state index is 13.3. The van der Waals surface area contributed by atoms with Crippen LogP contribution in [-0.2, 0) is 6.42 Å². The van der Waals surface area contributed by atoms with Gasteiger partial charge in [-0.2, -0.15) is 0 Å². The van der Waals surface area contributed by atoms with Crippen LogP contribution in [0.25, 0.3) is 0 Å². The van der Waals surface area contributed by atoms with Gasteiger partial charge in [-0.05, 0) is 61.2 Å². The van der Waals surface area contributed by atoms with Crippen LogP contribution in [0.4, 0.5) is 4.39 Å². The SMILES string of the molecule is CCNC(Cc1ccc(C)c(C)c1)c1ccc(F)cc1Br. The maximum absolute atomic E-state index is 13.3. The van der Waals surface area contributed by atoms with Gasteiger partial charge < -0.3 is 5.32 Å². The van der Waals surface area contributed by atoms with E-state index in [9.17, 15) is 4.39 Å². The highest BCUT2D eigenvalue weighted by Crippen LogP contribution is 2.27. The highest BCUT2D eigenvalue weighted by molar-refractivity contribution is 9.10. The number of halogens is 2. The van der Waals surface area contributed by atoms with Crippen molar-refractivity contribution in [2.24, 2.45) is 0 Å². The summed E-state index contributed by atoms with van der Waals surface area (Å²) in [5.74, 6) is -0.216. The molecular formula is C18H21BrFN. The Morgan fingerprint density at radius 2 is 1.86 bits per heavy atom. The van der Waals surface area contributed by atoms with Crippen LogP contribution in [0.1, 0.15) is 35.2 Å². The summed E-state index contributed by atoms with van der Waals surface area (Å²) in [7, 11) is 0. The first-order valence-electron chi connectivity index (χ1n) is 7.25. The van der Waals surface area contributed by atoms with Crippen LogP contribution in [0.2, 0.25) is 0 Å². The largest absolute Gasteiger partial charge is 0.310 e. The predicted molar refractivity (Wildman–Crippen MR) is 90.1 cm³/mol. The normalized spacial score (nSPS) is 12.4. The third kappa shape index (κ3) is 4.14. The minimum absolute atomic E-state index is 0.173. The molecule has 0 saturated carbocycles. The quantitative estimate of drug-likeness (QED) is 0.791. The van der Waals surface area contributed by atoms with Crippen LogP contribution in [-0.4, -0.2) is 6.54 Å². The smallest absolute Gasteiger partial charge is 0.124 e. The first-order chi connectivity index (χ1) is 10.0. The molecule has 0 fully saturated rings. The Balaban J connectivity index is 2.28. The average molecular weight is 350 g/mol. The number of aryl methyl sites for hydroxylation is 2. The highest BCUT2D eigenvalue weighted by atomic mass is 79.9. The molecule has 0 saturated heterocycles. The van der Waals surface area contributed by atoms with Gasteiger partial charge in [-0.1, -0.05) is 47.1 Å². The van der Waals surface area contributed by atoms with Gasteiger partial charge in [0.15, 0.2) is 0 Å². The molecule has 1 atom stereocenters. The second kappa shape index (κ2) is 7.19. The molecule has 1 nitrogen and oxygen atoms in total. The lowest BCUT2D eigenvalue weighted by molar-refractivity contribution is 0.545. The van der Waals surface area contributed by atoms with Gasteiger partial charge in [0, 0.05) is 10.5 Å². The molecule has 0 amide bonds. The van der Waals surface area contributed by atoms with Gasteiger partial charge in [0.1, 0.15) is 5.82 Å². The summed E-state index contributed by atoms with van der Waals surface area (Å²) >= 11 is 3.48. The predicted octanol–water partition coefficient (Wildman–Crippen LogP) is 5.10. The van der Waals surface area contributed by atoms with Crippen LogP contribution in [0, 0.1) is 19.7 Å². The Morgan fingerprint density at radius 1 is 1.10 bits per heavy atom. The van der Waals surface area contributed by atoms with Crippen molar-refractivity contribution in [3.63, 3.8) is 0 Å². The lowest BCUT2D eigenvalue weighted by Crippen LogP contribution is -2.23. The fraction of sp³-hybridized carbons (Fsp3) is 0.333. The van der Waals surface area contributed by atoms with Crippen molar-refractivity contribution in [2.45, 2.75) is 33.2 Å². The summed E-state index contributed by atoms with van der Waals surface area (Å²) in [5.41, 5.74) is 5.00. The summed E-state index contributed by atoms with van der Waals surface area (Å²) in [6, 6.07) is 11.6. The molecule has 1 unspecified atom stereocenters. The Hall–Kier alpha value is -1.19. The summed E-state index contributed by atoms with van der Waals surface area (Å²) in [6.45, 7) is 7.22. The van der Waals surface area contributed by atoms with E-state index in [0.29, 0.717) is 0 Å². The monoisotopic (exact) mass is 349 g/mol. The minimum Gasteiger partial charge on any atom is -0.310 e. The van der Waals surface area contributed by atoms with Gasteiger partial charge in [0.05, 0.1) is 0 Å². The Labute approximate surface area is 134 Å². The van der Waals surface area contributed by atoms with Gasteiger partial charge in [-0.15, -0.1) is 0 Å². The van der Waals surface area contributed by atoms with Crippen LogP contribution >= 0.6 is 15.9 Å². The molecule has 1 N–H and O–H groups in total. The van der Waals surface area contributed by atoms with E-state index in [0.717, 1.165) is 23.0 Å². The van der Waals surface area contributed by atoms with E-state index in [1.165, 1.54) is 28.8 Å². The van der Waals surface area contributed by atoms with Gasteiger partial charge in [-0.25, -0.2) is 4.39 Å². The second-order valence-electron chi connectivity index (χ2n) is 5.40. The summed E-state index contributed by atoms with van der Waals surface area (Å²) in [6.07, 6.45) is 0.888. The molecular weight excluding hydrogens is 329 g/mol.